The van der Waals surface area contributed by atoms with E-state index < -0.39 is 0 Å². The van der Waals surface area contributed by atoms with E-state index in [0.29, 0.717) is 16.3 Å². The molecule has 92 valence electrons. The van der Waals surface area contributed by atoms with E-state index in [2.05, 4.69) is 49.9 Å². The summed E-state index contributed by atoms with van der Waals surface area (Å²) < 4.78 is 0.480. The van der Waals surface area contributed by atoms with E-state index in [0.717, 1.165) is 12.1 Å². The third-order valence-corrected chi connectivity index (χ3v) is 3.93. The molecule has 1 aromatic carbocycles. The van der Waals surface area contributed by atoms with Crippen LogP contribution in [0.1, 0.15) is 12.5 Å². The maximum atomic E-state index is 11.6. The lowest BCUT2D eigenvalue weighted by Gasteiger charge is -2.24. The third-order valence-electron chi connectivity index (χ3n) is 3.21. The number of para-hydroxylation sites is 1. The highest BCUT2D eigenvalue weighted by Gasteiger charge is 2.29. The van der Waals surface area contributed by atoms with E-state index in [1.165, 1.54) is 11.9 Å². The second-order valence-corrected chi connectivity index (χ2v) is 5.21. The summed E-state index contributed by atoms with van der Waals surface area (Å²) >= 11 is 3.32. The first-order chi connectivity index (χ1) is 8.68. The van der Waals surface area contributed by atoms with Gasteiger partial charge in [-0.1, -0.05) is 18.2 Å². The van der Waals surface area contributed by atoms with Crippen LogP contribution in [0.3, 0.4) is 0 Å². The van der Waals surface area contributed by atoms with Gasteiger partial charge >= 0.3 is 0 Å². The van der Waals surface area contributed by atoms with E-state index in [1.54, 1.807) is 0 Å². The molecule has 1 atom stereocenters. The summed E-state index contributed by atoms with van der Waals surface area (Å²) in [7, 11) is 0. The van der Waals surface area contributed by atoms with Crippen LogP contribution in [0.25, 0.3) is 0 Å². The van der Waals surface area contributed by atoms with Gasteiger partial charge in [0.15, 0.2) is 5.82 Å². The Hall–Kier alpha value is -1.62. The fourth-order valence-electron chi connectivity index (χ4n) is 2.43. The van der Waals surface area contributed by atoms with Gasteiger partial charge in [0.25, 0.3) is 5.56 Å². The van der Waals surface area contributed by atoms with Gasteiger partial charge < -0.3 is 9.88 Å². The van der Waals surface area contributed by atoms with Crippen molar-refractivity contribution in [3.05, 3.63) is 51.0 Å². The molecule has 1 aliphatic heterocycles. The summed E-state index contributed by atoms with van der Waals surface area (Å²) in [4.78, 5) is 20.6. The molecule has 4 nitrogen and oxygen atoms in total. The molecule has 3 rings (SSSR count). The number of aromatic amines is 1. The predicted molar refractivity (Wildman–Crippen MR) is 74.3 cm³/mol. The van der Waals surface area contributed by atoms with Crippen LogP contribution in [-0.2, 0) is 6.42 Å². The van der Waals surface area contributed by atoms with Gasteiger partial charge in [0, 0.05) is 11.7 Å². The van der Waals surface area contributed by atoms with Crippen molar-refractivity contribution in [1.82, 2.24) is 9.97 Å². The van der Waals surface area contributed by atoms with Crippen molar-refractivity contribution in [1.29, 1.82) is 0 Å². The molecular formula is C13H12BrN3O. The monoisotopic (exact) mass is 305 g/mol. The number of aromatic nitrogens is 2. The number of halogens is 1. The number of rotatable bonds is 1. The van der Waals surface area contributed by atoms with Crippen LogP contribution in [0, 0.1) is 0 Å². The minimum absolute atomic E-state index is 0.156. The summed E-state index contributed by atoms with van der Waals surface area (Å²) in [6.07, 6.45) is 2.41. The molecule has 0 saturated carbocycles. The Balaban J connectivity index is 2.18. The minimum Gasteiger partial charge on any atom is -0.322 e. The first-order valence-electron chi connectivity index (χ1n) is 5.79. The third kappa shape index (κ3) is 1.66. The summed E-state index contributed by atoms with van der Waals surface area (Å²) in [5, 5.41) is 0. The molecule has 0 bridgehead atoms. The number of hydrogen-bond donors (Lipinski definition) is 1. The molecule has 1 N–H and O–H groups in total. The fourth-order valence-corrected chi connectivity index (χ4v) is 2.84. The van der Waals surface area contributed by atoms with Crippen molar-refractivity contribution in [3.63, 3.8) is 0 Å². The van der Waals surface area contributed by atoms with Crippen molar-refractivity contribution >= 4 is 27.4 Å². The number of anilines is 2. The topological polar surface area (TPSA) is 49.0 Å². The summed E-state index contributed by atoms with van der Waals surface area (Å²) in [5.74, 6) is 0.677. The summed E-state index contributed by atoms with van der Waals surface area (Å²) in [5.41, 5.74) is 2.26. The van der Waals surface area contributed by atoms with E-state index >= 15 is 0 Å². The average molecular weight is 306 g/mol. The predicted octanol–water partition coefficient (Wildman–Crippen LogP) is 2.62. The fraction of sp³-hybridized carbons (Fsp3) is 0.231. The lowest BCUT2D eigenvalue weighted by atomic mass is 10.1. The maximum Gasteiger partial charge on any atom is 0.267 e. The van der Waals surface area contributed by atoms with Crippen LogP contribution in [0.2, 0.25) is 0 Å². The van der Waals surface area contributed by atoms with Gasteiger partial charge in [-0.05, 0) is 40.9 Å². The zero-order chi connectivity index (χ0) is 12.7. The van der Waals surface area contributed by atoms with Gasteiger partial charge in [0.1, 0.15) is 4.47 Å². The first kappa shape index (κ1) is 11.5. The minimum atomic E-state index is -0.156. The van der Waals surface area contributed by atoms with Crippen LogP contribution in [-0.4, -0.2) is 16.0 Å². The number of nitrogens with zero attached hydrogens (tertiary/aromatic N) is 2. The zero-order valence-corrected chi connectivity index (χ0v) is 11.4. The van der Waals surface area contributed by atoms with E-state index in [1.807, 2.05) is 12.1 Å². The van der Waals surface area contributed by atoms with Crippen LogP contribution < -0.4 is 10.5 Å². The standard InChI is InChI=1S/C13H12BrN3O/c1-8-6-9-4-2-3-5-10(9)17(8)12-11(14)13(18)16-7-15-12/h2-5,7-8H,6H2,1H3,(H,15,16,18). The van der Waals surface area contributed by atoms with Gasteiger partial charge in [-0.15, -0.1) is 0 Å². The Morgan fingerprint density at radius 2 is 2.22 bits per heavy atom. The van der Waals surface area contributed by atoms with Gasteiger partial charge in [-0.3, -0.25) is 4.79 Å². The molecule has 0 amide bonds. The van der Waals surface area contributed by atoms with Gasteiger partial charge in [0.2, 0.25) is 0 Å². The Bertz CT molecular complexity index is 653. The Kier molecular flexibility index (Phi) is 2.70. The second kappa shape index (κ2) is 4.24. The van der Waals surface area contributed by atoms with Crippen LogP contribution in [0.5, 0.6) is 0 Å². The van der Waals surface area contributed by atoms with Crippen LogP contribution in [0.4, 0.5) is 11.5 Å². The molecule has 0 spiro atoms. The Morgan fingerprint density at radius 3 is 3.06 bits per heavy atom. The highest BCUT2D eigenvalue weighted by Crippen LogP contribution is 2.38. The van der Waals surface area contributed by atoms with Crippen molar-refractivity contribution in [3.8, 4) is 0 Å². The number of benzene rings is 1. The molecule has 0 radical (unpaired) electrons. The quantitative estimate of drug-likeness (QED) is 0.881. The molecule has 5 heteroatoms. The molecule has 1 aliphatic rings. The molecule has 18 heavy (non-hydrogen) atoms. The van der Waals surface area contributed by atoms with Gasteiger partial charge in [0.05, 0.1) is 6.33 Å². The summed E-state index contributed by atoms with van der Waals surface area (Å²) in [6.45, 7) is 2.13. The Labute approximate surface area is 113 Å². The molecule has 2 aromatic rings. The van der Waals surface area contributed by atoms with Crippen LogP contribution in [0.15, 0.2) is 39.9 Å². The lowest BCUT2D eigenvalue weighted by Crippen LogP contribution is -2.27. The Morgan fingerprint density at radius 1 is 1.44 bits per heavy atom. The average Bonchev–Trinajstić information content (AvgIpc) is 2.69. The number of fused-ring (bicyclic) bond motifs is 1. The SMILES string of the molecule is CC1Cc2ccccc2N1c1nc[nH]c(=O)c1Br. The molecule has 0 fully saturated rings. The highest BCUT2D eigenvalue weighted by molar-refractivity contribution is 9.10. The lowest BCUT2D eigenvalue weighted by molar-refractivity contribution is 0.746. The van der Waals surface area contributed by atoms with E-state index in [-0.39, 0.29) is 5.56 Å². The summed E-state index contributed by atoms with van der Waals surface area (Å²) in [6, 6.07) is 8.52. The zero-order valence-electron chi connectivity index (χ0n) is 9.85. The molecule has 1 unspecified atom stereocenters. The van der Waals surface area contributed by atoms with Crippen molar-refractivity contribution in [2.75, 3.05) is 4.90 Å². The van der Waals surface area contributed by atoms with Crippen LogP contribution >= 0.6 is 15.9 Å². The number of nitrogens with one attached hydrogen (secondary N) is 1. The van der Waals surface area contributed by atoms with Crippen molar-refractivity contribution < 1.29 is 0 Å². The smallest absolute Gasteiger partial charge is 0.267 e. The van der Waals surface area contributed by atoms with E-state index in [9.17, 15) is 4.79 Å². The van der Waals surface area contributed by atoms with Gasteiger partial charge in [-0.25, -0.2) is 4.98 Å². The molecule has 0 saturated heterocycles. The number of hydrogen-bond acceptors (Lipinski definition) is 3. The number of H-pyrrole nitrogens is 1. The van der Waals surface area contributed by atoms with E-state index in [4.69, 9.17) is 0 Å². The molecular weight excluding hydrogens is 294 g/mol. The van der Waals surface area contributed by atoms with Gasteiger partial charge in [-0.2, -0.15) is 0 Å². The normalized spacial score (nSPS) is 17.9. The van der Waals surface area contributed by atoms with Crippen molar-refractivity contribution in [2.45, 2.75) is 19.4 Å². The molecule has 2 heterocycles. The molecule has 0 aliphatic carbocycles. The first-order valence-corrected chi connectivity index (χ1v) is 6.58. The highest BCUT2D eigenvalue weighted by atomic mass is 79.9. The molecule has 1 aromatic heterocycles. The second-order valence-electron chi connectivity index (χ2n) is 4.42. The maximum absolute atomic E-state index is 11.6. The largest absolute Gasteiger partial charge is 0.322 e. The van der Waals surface area contributed by atoms with Crippen molar-refractivity contribution in [2.24, 2.45) is 0 Å².